The molecular weight excluding hydrogens is 394 g/mol. The first-order valence-electron chi connectivity index (χ1n) is 9.04. The highest BCUT2D eigenvalue weighted by Crippen LogP contribution is 2.50. The fraction of sp³-hybridized carbons (Fsp3) is 0.273. The van der Waals surface area contributed by atoms with E-state index in [-0.39, 0.29) is 17.5 Å². The van der Waals surface area contributed by atoms with Gasteiger partial charge in [0.1, 0.15) is 5.83 Å². The quantitative estimate of drug-likeness (QED) is 0.465. The molecule has 0 saturated heterocycles. The van der Waals surface area contributed by atoms with E-state index in [0.717, 1.165) is 12.1 Å². The lowest BCUT2D eigenvalue weighted by Crippen LogP contribution is -2.26. The molecule has 0 radical (unpaired) electrons. The van der Waals surface area contributed by atoms with Crippen LogP contribution >= 0.6 is 0 Å². The van der Waals surface area contributed by atoms with Crippen LogP contribution in [0.5, 0.6) is 5.75 Å². The Morgan fingerprint density at radius 1 is 1.03 bits per heavy atom. The maximum atomic E-state index is 16.3. The Kier molecular flexibility index (Phi) is 5.78. The van der Waals surface area contributed by atoms with E-state index in [1.54, 1.807) is 18.2 Å². The molecule has 3 rings (SSSR count). The molecule has 0 aromatic heterocycles. The van der Waals surface area contributed by atoms with Gasteiger partial charge in [0.25, 0.3) is 0 Å². The van der Waals surface area contributed by atoms with Gasteiger partial charge in [-0.2, -0.15) is 0 Å². The molecule has 1 unspecified atom stereocenters. The fourth-order valence-electron chi connectivity index (χ4n) is 3.55. The van der Waals surface area contributed by atoms with Gasteiger partial charge in [-0.25, -0.2) is 13.2 Å². The topological polar surface area (TPSA) is 9.23 Å². The van der Waals surface area contributed by atoms with Gasteiger partial charge in [-0.3, -0.25) is 0 Å². The highest BCUT2D eigenvalue weighted by atomic mass is 19.4. The third kappa shape index (κ3) is 4.49. The Morgan fingerprint density at radius 2 is 1.72 bits per heavy atom. The zero-order valence-electron chi connectivity index (χ0n) is 15.5. The Bertz CT molecular complexity index is 946. The number of halogens is 6. The SMILES string of the molecule is CCCC1=CC(F)=C(c2ccc(OC(F)(F)F)c(F)c2)C(F)(c2ccccc2)C1. The van der Waals surface area contributed by atoms with E-state index >= 15 is 8.78 Å². The molecule has 1 aliphatic carbocycles. The number of alkyl halides is 4. The molecule has 0 heterocycles. The van der Waals surface area contributed by atoms with E-state index in [1.807, 2.05) is 6.92 Å². The van der Waals surface area contributed by atoms with Crippen LogP contribution in [-0.4, -0.2) is 6.36 Å². The summed E-state index contributed by atoms with van der Waals surface area (Å²) < 4.78 is 86.3. The van der Waals surface area contributed by atoms with Gasteiger partial charge in [0.05, 0.1) is 0 Å². The Morgan fingerprint density at radius 3 is 2.31 bits per heavy atom. The smallest absolute Gasteiger partial charge is 0.403 e. The second-order valence-electron chi connectivity index (χ2n) is 6.81. The molecule has 154 valence electrons. The first-order valence-corrected chi connectivity index (χ1v) is 9.04. The minimum atomic E-state index is -5.08. The molecule has 1 aliphatic rings. The maximum Gasteiger partial charge on any atom is 0.573 e. The summed E-state index contributed by atoms with van der Waals surface area (Å²) in [4.78, 5) is 0. The molecule has 0 N–H and O–H groups in total. The van der Waals surface area contributed by atoms with Crippen molar-refractivity contribution in [1.82, 2.24) is 0 Å². The number of rotatable bonds is 5. The van der Waals surface area contributed by atoms with Gasteiger partial charge in [0, 0.05) is 12.0 Å². The standard InChI is InChI=1S/C22H18F6O/c1-2-6-14-11-18(24)20(21(25,13-14)16-7-4-3-5-8-16)15-9-10-19(17(23)12-15)29-22(26,27)28/h3-5,7-12H,2,6,13H2,1H3. The minimum absolute atomic E-state index is 0.129. The van der Waals surface area contributed by atoms with E-state index < -0.39 is 35.0 Å². The van der Waals surface area contributed by atoms with E-state index in [9.17, 15) is 17.6 Å². The van der Waals surface area contributed by atoms with Crippen LogP contribution in [0.15, 0.2) is 66.0 Å². The van der Waals surface area contributed by atoms with Crippen LogP contribution in [-0.2, 0) is 5.67 Å². The van der Waals surface area contributed by atoms with Crippen molar-refractivity contribution in [2.24, 2.45) is 0 Å². The van der Waals surface area contributed by atoms with Gasteiger partial charge in [0.2, 0.25) is 0 Å². The second-order valence-corrected chi connectivity index (χ2v) is 6.81. The van der Waals surface area contributed by atoms with Gasteiger partial charge in [-0.15, -0.1) is 13.2 Å². The monoisotopic (exact) mass is 412 g/mol. The summed E-state index contributed by atoms with van der Waals surface area (Å²) in [6.45, 7) is 1.88. The molecule has 2 aromatic rings. The van der Waals surface area contributed by atoms with Gasteiger partial charge in [-0.05, 0) is 35.8 Å². The highest BCUT2D eigenvalue weighted by Gasteiger charge is 2.43. The molecule has 0 saturated carbocycles. The van der Waals surface area contributed by atoms with Crippen LogP contribution in [0.3, 0.4) is 0 Å². The Hall–Kier alpha value is -2.70. The Balaban J connectivity index is 2.13. The molecule has 0 spiro atoms. The van der Waals surface area contributed by atoms with Crippen LogP contribution in [0.2, 0.25) is 0 Å². The molecule has 0 fully saturated rings. The zero-order chi connectivity index (χ0) is 21.2. The lowest BCUT2D eigenvalue weighted by molar-refractivity contribution is -0.275. The van der Waals surface area contributed by atoms with Crippen LogP contribution in [0.1, 0.15) is 37.3 Å². The van der Waals surface area contributed by atoms with Crippen molar-refractivity contribution in [1.29, 1.82) is 0 Å². The summed E-state index contributed by atoms with van der Waals surface area (Å²) in [5.74, 6) is -3.31. The summed E-state index contributed by atoms with van der Waals surface area (Å²) in [6, 6.07) is 10.3. The first kappa shape index (κ1) is 21.0. The molecule has 0 bridgehead atoms. The van der Waals surface area contributed by atoms with Crippen molar-refractivity contribution in [2.75, 3.05) is 0 Å². The summed E-state index contributed by atoms with van der Waals surface area (Å²) in [6.07, 6.45) is -2.81. The molecule has 29 heavy (non-hydrogen) atoms. The second kappa shape index (κ2) is 7.97. The van der Waals surface area contributed by atoms with Crippen molar-refractivity contribution >= 4 is 5.57 Å². The summed E-state index contributed by atoms with van der Waals surface area (Å²) in [7, 11) is 0. The average Bonchev–Trinajstić information content (AvgIpc) is 2.63. The van der Waals surface area contributed by atoms with Crippen molar-refractivity contribution in [3.63, 3.8) is 0 Å². The van der Waals surface area contributed by atoms with Crippen molar-refractivity contribution in [3.05, 3.63) is 83.0 Å². The molecule has 7 heteroatoms. The van der Waals surface area contributed by atoms with Crippen molar-refractivity contribution in [3.8, 4) is 5.75 Å². The maximum absolute atomic E-state index is 16.3. The van der Waals surface area contributed by atoms with Gasteiger partial charge < -0.3 is 4.74 Å². The van der Waals surface area contributed by atoms with Gasteiger partial charge in [-0.1, -0.05) is 55.3 Å². The molecule has 0 aliphatic heterocycles. The van der Waals surface area contributed by atoms with E-state index in [1.165, 1.54) is 18.2 Å². The number of hydrogen-bond acceptors (Lipinski definition) is 1. The van der Waals surface area contributed by atoms with Crippen LogP contribution in [0.25, 0.3) is 5.57 Å². The van der Waals surface area contributed by atoms with E-state index in [2.05, 4.69) is 4.74 Å². The fourth-order valence-corrected chi connectivity index (χ4v) is 3.55. The summed E-state index contributed by atoms with van der Waals surface area (Å²) in [5.41, 5.74) is -2.14. The lowest BCUT2D eigenvalue weighted by atomic mass is 9.75. The van der Waals surface area contributed by atoms with E-state index in [0.29, 0.717) is 24.5 Å². The minimum Gasteiger partial charge on any atom is -0.403 e. The number of benzene rings is 2. The average molecular weight is 412 g/mol. The largest absolute Gasteiger partial charge is 0.573 e. The van der Waals surface area contributed by atoms with Crippen LogP contribution < -0.4 is 4.74 Å². The lowest BCUT2D eigenvalue weighted by Gasteiger charge is -2.33. The molecular formula is C22H18F6O. The predicted octanol–water partition coefficient (Wildman–Crippen LogP) is 7.40. The van der Waals surface area contributed by atoms with Crippen LogP contribution in [0, 0.1) is 5.82 Å². The van der Waals surface area contributed by atoms with Crippen molar-refractivity contribution < 1.29 is 31.1 Å². The number of ether oxygens (including phenoxy) is 1. The highest BCUT2D eigenvalue weighted by molar-refractivity contribution is 5.79. The van der Waals surface area contributed by atoms with Crippen LogP contribution in [0.4, 0.5) is 26.3 Å². The summed E-state index contributed by atoms with van der Waals surface area (Å²) in [5, 5.41) is 0. The van der Waals surface area contributed by atoms with Crippen molar-refractivity contribution in [2.45, 2.75) is 38.2 Å². The van der Waals surface area contributed by atoms with Gasteiger partial charge >= 0.3 is 6.36 Å². The summed E-state index contributed by atoms with van der Waals surface area (Å²) >= 11 is 0. The third-order valence-electron chi connectivity index (χ3n) is 4.69. The van der Waals surface area contributed by atoms with Gasteiger partial charge in [0.15, 0.2) is 17.2 Å². The molecule has 1 atom stereocenters. The number of allylic oxidation sites excluding steroid dienone is 4. The predicted molar refractivity (Wildman–Crippen MR) is 97.9 cm³/mol. The molecule has 0 amide bonds. The third-order valence-corrected chi connectivity index (χ3v) is 4.69. The normalized spacial score (nSPS) is 19.9. The molecule has 1 nitrogen and oxygen atoms in total. The number of hydrogen-bond donors (Lipinski definition) is 0. The Labute approximate surface area is 164 Å². The zero-order valence-corrected chi connectivity index (χ0v) is 15.5. The first-order chi connectivity index (χ1) is 13.6. The van der Waals surface area contributed by atoms with E-state index in [4.69, 9.17) is 0 Å². The molecule has 2 aromatic carbocycles.